The molecule has 1 N–H and O–H groups in total. The van der Waals surface area contributed by atoms with Crippen LogP contribution in [0.5, 0.6) is 0 Å². The van der Waals surface area contributed by atoms with Gasteiger partial charge in [-0.3, -0.25) is 14.2 Å². The molecule has 102 valence electrons. The van der Waals surface area contributed by atoms with Gasteiger partial charge in [-0.25, -0.2) is 0 Å². The van der Waals surface area contributed by atoms with E-state index in [1.165, 1.54) is 4.57 Å². The van der Waals surface area contributed by atoms with E-state index in [0.717, 1.165) is 0 Å². The molecule has 0 fully saturated rings. The van der Waals surface area contributed by atoms with Gasteiger partial charge in [-0.2, -0.15) is 4.98 Å². The highest BCUT2D eigenvalue weighted by Crippen LogP contribution is 2.11. The zero-order valence-corrected chi connectivity index (χ0v) is 11.4. The molecule has 0 saturated heterocycles. The number of rotatable bonds is 3. The Morgan fingerprint density at radius 3 is 2.74 bits per heavy atom. The Hall–Kier alpha value is -2.18. The van der Waals surface area contributed by atoms with Gasteiger partial charge in [0.1, 0.15) is 17.8 Å². The number of nitrogens with zero attached hydrogens (tertiary/aromatic N) is 3. The van der Waals surface area contributed by atoms with E-state index in [2.05, 4.69) is 15.5 Å². The fourth-order valence-corrected chi connectivity index (χ4v) is 1.87. The van der Waals surface area contributed by atoms with E-state index in [-0.39, 0.29) is 29.8 Å². The predicted molar refractivity (Wildman–Crippen MR) is 68.8 cm³/mol. The number of fused-ring (bicyclic) bond motifs is 1. The van der Waals surface area contributed by atoms with E-state index in [9.17, 15) is 9.59 Å². The number of aromatic nitrogens is 3. The smallest absolute Gasteiger partial charge is 0.267 e. The van der Waals surface area contributed by atoms with Gasteiger partial charge in [-0.1, -0.05) is 5.16 Å². The molecule has 19 heavy (non-hydrogen) atoms. The highest BCUT2D eigenvalue weighted by atomic mass is 16.5. The van der Waals surface area contributed by atoms with Crippen molar-refractivity contribution >= 4 is 17.0 Å². The minimum absolute atomic E-state index is 0.0255. The van der Waals surface area contributed by atoms with Gasteiger partial charge in [-0.05, 0) is 27.7 Å². The molecule has 0 saturated carbocycles. The van der Waals surface area contributed by atoms with E-state index in [1.807, 2.05) is 13.8 Å². The molecule has 0 radical (unpaired) electrons. The van der Waals surface area contributed by atoms with Crippen LogP contribution < -0.4 is 10.9 Å². The van der Waals surface area contributed by atoms with Gasteiger partial charge >= 0.3 is 0 Å². The van der Waals surface area contributed by atoms with Crippen LogP contribution in [0.3, 0.4) is 0 Å². The van der Waals surface area contributed by atoms with Crippen molar-refractivity contribution in [3.05, 3.63) is 21.9 Å². The van der Waals surface area contributed by atoms with Gasteiger partial charge in [0.05, 0.1) is 5.69 Å². The molecule has 0 aliphatic heterocycles. The minimum Gasteiger partial charge on any atom is -0.352 e. The van der Waals surface area contributed by atoms with Crippen LogP contribution >= 0.6 is 0 Å². The number of hydrogen-bond acceptors (Lipinski definition) is 5. The lowest BCUT2D eigenvalue weighted by Gasteiger charge is -2.11. The first kappa shape index (κ1) is 13.3. The molecule has 2 rings (SSSR count). The number of carbonyl (C=O) groups is 1. The average molecular weight is 264 g/mol. The number of nitrogens with one attached hydrogen (secondary N) is 1. The third-order valence-electron chi connectivity index (χ3n) is 2.71. The van der Waals surface area contributed by atoms with Gasteiger partial charge in [-0.15, -0.1) is 0 Å². The summed E-state index contributed by atoms with van der Waals surface area (Å²) < 4.78 is 6.28. The summed E-state index contributed by atoms with van der Waals surface area (Å²) in [5.74, 6) is 0.197. The van der Waals surface area contributed by atoms with Gasteiger partial charge in [0.2, 0.25) is 5.91 Å². The van der Waals surface area contributed by atoms with E-state index in [0.29, 0.717) is 16.9 Å². The first-order chi connectivity index (χ1) is 8.90. The van der Waals surface area contributed by atoms with Crippen molar-refractivity contribution in [3.8, 4) is 0 Å². The molecule has 0 unspecified atom stereocenters. The molecule has 7 heteroatoms. The van der Waals surface area contributed by atoms with E-state index in [4.69, 9.17) is 4.52 Å². The molecule has 2 aromatic heterocycles. The largest absolute Gasteiger partial charge is 0.352 e. The topological polar surface area (TPSA) is 90.0 Å². The number of amides is 1. The minimum atomic E-state index is -0.305. The first-order valence-corrected chi connectivity index (χ1v) is 6.03. The fraction of sp³-hybridized carbons (Fsp3) is 0.500. The molecule has 0 atom stereocenters. The van der Waals surface area contributed by atoms with Crippen molar-refractivity contribution in [2.24, 2.45) is 0 Å². The summed E-state index contributed by atoms with van der Waals surface area (Å²) in [6.45, 7) is 6.98. The fourth-order valence-electron chi connectivity index (χ4n) is 1.87. The van der Waals surface area contributed by atoms with E-state index < -0.39 is 0 Å². The second kappa shape index (κ2) is 4.83. The molecule has 0 bridgehead atoms. The molecule has 7 nitrogen and oxygen atoms in total. The van der Waals surface area contributed by atoms with Crippen molar-refractivity contribution in [2.75, 3.05) is 0 Å². The molecule has 0 aliphatic carbocycles. The summed E-state index contributed by atoms with van der Waals surface area (Å²) in [7, 11) is 0. The lowest BCUT2D eigenvalue weighted by molar-refractivity contribution is -0.122. The first-order valence-electron chi connectivity index (χ1n) is 6.03. The Morgan fingerprint density at radius 2 is 2.11 bits per heavy atom. The third kappa shape index (κ3) is 2.49. The van der Waals surface area contributed by atoms with Crippen molar-refractivity contribution < 1.29 is 9.32 Å². The summed E-state index contributed by atoms with van der Waals surface area (Å²) in [5, 5.41) is 6.77. The van der Waals surface area contributed by atoms with Crippen LogP contribution in [0.4, 0.5) is 0 Å². The molecular formula is C12H16N4O3. The van der Waals surface area contributed by atoms with Gasteiger partial charge in [0, 0.05) is 6.04 Å². The second-order valence-electron chi connectivity index (χ2n) is 4.72. The molecule has 2 aromatic rings. The Balaban J connectivity index is 2.46. The maximum absolute atomic E-state index is 12.3. The molecule has 0 spiro atoms. The zero-order chi connectivity index (χ0) is 14.2. The van der Waals surface area contributed by atoms with Crippen LogP contribution in [0, 0.1) is 13.8 Å². The lowest BCUT2D eigenvalue weighted by atomic mass is 10.3. The molecule has 1 amide bonds. The molecule has 2 heterocycles. The lowest BCUT2D eigenvalue weighted by Crippen LogP contribution is -2.37. The second-order valence-corrected chi connectivity index (χ2v) is 4.72. The Morgan fingerprint density at radius 1 is 1.42 bits per heavy atom. The summed E-state index contributed by atoms with van der Waals surface area (Å²) in [6, 6.07) is 0.0255. The van der Waals surface area contributed by atoms with Crippen LogP contribution in [0.15, 0.2) is 9.32 Å². The SMILES string of the molecule is Cc1noc2nc(C)n(CC(=O)NC(C)C)c(=O)c12. The summed E-state index contributed by atoms with van der Waals surface area (Å²) in [4.78, 5) is 28.2. The van der Waals surface area contributed by atoms with Crippen molar-refractivity contribution in [3.63, 3.8) is 0 Å². The number of aryl methyl sites for hydroxylation is 2. The number of hydrogen-bond donors (Lipinski definition) is 1. The Bertz CT molecular complexity index is 684. The van der Waals surface area contributed by atoms with Crippen molar-refractivity contribution in [1.82, 2.24) is 20.0 Å². The maximum Gasteiger partial charge on any atom is 0.267 e. The van der Waals surface area contributed by atoms with Crippen LogP contribution in [0.25, 0.3) is 11.1 Å². The van der Waals surface area contributed by atoms with Gasteiger partial charge in [0.15, 0.2) is 0 Å². The van der Waals surface area contributed by atoms with Crippen LogP contribution in [-0.2, 0) is 11.3 Å². The molecular weight excluding hydrogens is 248 g/mol. The van der Waals surface area contributed by atoms with Crippen LogP contribution in [-0.4, -0.2) is 26.7 Å². The van der Waals surface area contributed by atoms with E-state index in [1.54, 1.807) is 13.8 Å². The molecule has 0 aliphatic rings. The Labute approximate surface area is 109 Å². The summed E-state index contributed by atoms with van der Waals surface area (Å²) >= 11 is 0. The highest BCUT2D eigenvalue weighted by Gasteiger charge is 2.16. The third-order valence-corrected chi connectivity index (χ3v) is 2.71. The quantitative estimate of drug-likeness (QED) is 0.873. The molecule has 0 aromatic carbocycles. The van der Waals surface area contributed by atoms with Crippen molar-refractivity contribution in [1.29, 1.82) is 0 Å². The summed E-state index contributed by atoms with van der Waals surface area (Å²) in [6.07, 6.45) is 0. The van der Waals surface area contributed by atoms with Gasteiger partial charge in [0.25, 0.3) is 11.3 Å². The van der Waals surface area contributed by atoms with Crippen LogP contribution in [0.1, 0.15) is 25.4 Å². The monoisotopic (exact) mass is 264 g/mol. The Kier molecular flexibility index (Phi) is 3.37. The maximum atomic E-state index is 12.3. The standard InChI is InChI=1S/C12H16N4O3/c1-6(2)13-9(17)5-16-8(4)14-11-10(12(16)18)7(3)15-19-11/h6H,5H2,1-4H3,(H,13,17). The van der Waals surface area contributed by atoms with E-state index >= 15 is 0 Å². The zero-order valence-electron chi connectivity index (χ0n) is 11.4. The predicted octanol–water partition coefficient (Wildman–Crippen LogP) is 0.526. The average Bonchev–Trinajstić information content (AvgIpc) is 2.65. The van der Waals surface area contributed by atoms with Crippen molar-refractivity contribution in [2.45, 2.75) is 40.3 Å². The summed E-state index contributed by atoms with van der Waals surface area (Å²) in [5.41, 5.74) is 0.381. The highest BCUT2D eigenvalue weighted by molar-refractivity contribution is 5.78. The number of carbonyl (C=O) groups excluding carboxylic acids is 1. The van der Waals surface area contributed by atoms with Gasteiger partial charge < -0.3 is 9.84 Å². The van der Waals surface area contributed by atoms with Crippen LogP contribution in [0.2, 0.25) is 0 Å². The normalized spacial score (nSPS) is 11.2.